The smallest absolute Gasteiger partial charge is 0.305 e. The number of nitrogens with one attached hydrogen (secondary N) is 2. The molecular formula is C8H6F2N4O3S. The minimum atomic E-state index is -1.58. The van der Waals surface area contributed by atoms with Crippen molar-refractivity contribution in [3.63, 3.8) is 0 Å². The largest absolute Gasteiger partial charge is 0.375 e. The van der Waals surface area contributed by atoms with Crippen molar-refractivity contribution in [1.82, 2.24) is 10.9 Å². The molecule has 4 N–H and O–H groups in total. The van der Waals surface area contributed by atoms with Crippen LogP contribution in [-0.4, -0.2) is 15.9 Å². The Labute approximate surface area is 104 Å². The van der Waals surface area contributed by atoms with Gasteiger partial charge in [-0.05, 0) is 18.3 Å². The summed E-state index contributed by atoms with van der Waals surface area (Å²) in [6.45, 7) is 0. The van der Waals surface area contributed by atoms with E-state index in [-0.39, 0.29) is 5.11 Å². The molecule has 0 aliphatic heterocycles. The van der Waals surface area contributed by atoms with Crippen LogP contribution in [-0.2, 0) is 0 Å². The van der Waals surface area contributed by atoms with Gasteiger partial charge in [0, 0.05) is 6.07 Å². The van der Waals surface area contributed by atoms with E-state index in [2.05, 4.69) is 12.2 Å². The molecule has 0 bridgehead atoms. The Morgan fingerprint density at radius 2 is 2.00 bits per heavy atom. The molecule has 7 nitrogen and oxygen atoms in total. The van der Waals surface area contributed by atoms with Crippen molar-refractivity contribution in [3.8, 4) is 0 Å². The third-order valence-corrected chi connectivity index (χ3v) is 1.90. The molecule has 0 aliphatic rings. The van der Waals surface area contributed by atoms with Crippen LogP contribution >= 0.6 is 12.2 Å². The number of hydrogen-bond donors (Lipinski definition) is 3. The maximum Gasteiger partial charge on any atom is 0.305 e. The number of carbonyl (C=O) groups is 1. The summed E-state index contributed by atoms with van der Waals surface area (Å²) in [6.07, 6.45) is 0. The van der Waals surface area contributed by atoms with Crippen LogP contribution in [0.4, 0.5) is 14.5 Å². The Bertz CT molecular complexity index is 537. The van der Waals surface area contributed by atoms with Crippen LogP contribution in [0.25, 0.3) is 0 Å². The van der Waals surface area contributed by atoms with Gasteiger partial charge in [0.2, 0.25) is 5.82 Å². The quantitative estimate of drug-likeness (QED) is 0.408. The number of nitro groups is 1. The number of carbonyl (C=O) groups excluding carboxylic acids is 1. The van der Waals surface area contributed by atoms with Gasteiger partial charge in [0.1, 0.15) is 11.4 Å². The van der Waals surface area contributed by atoms with Gasteiger partial charge in [0.05, 0.1) is 4.92 Å². The lowest BCUT2D eigenvalue weighted by atomic mass is 10.1. The predicted octanol–water partition coefficient (Wildman–Crippen LogP) is 0.351. The molecule has 18 heavy (non-hydrogen) atoms. The Kier molecular flexibility index (Phi) is 4.05. The summed E-state index contributed by atoms with van der Waals surface area (Å²) in [5.41, 5.74) is 6.60. The third-order valence-electron chi connectivity index (χ3n) is 1.79. The maximum absolute atomic E-state index is 13.5. The van der Waals surface area contributed by atoms with E-state index >= 15 is 0 Å². The van der Waals surface area contributed by atoms with Crippen molar-refractivity contribution in [2.45, 2.75) is 0 Å². The Morgan fingerprint density at radius 3 is 2.50 bits per heavy atom. The molecule has 0 aromatic heterocycles. The lowest BCUT2D eigenvalue weighted by Gasteiger charge is -2.07. The zero-order valence-electron chi connectivity index (χ0n) is 8.57. The summed E-state index contributed by atoms with van der Waals surface area (Å²) >= 11 is 4.35. The normalized spacial score (nSPS) is 9.67. The Balaban J connectivity index is 3.14. The highest BCUT2D eigenvalue weighted by molar-refractivity contribution is 7.80. The lowest BCUT2D eigenvalue weighted by Crippen LogP contribution is -2.44. The van der Waals surface area contributed by atoms with Crippen molar-refractivity contribution >= 4 is 28.9 Å². The molecule has 1 aromatic rings. The monoisotopic (exact) mass is 276 g/mol. The van der Waals surface area contributed by atoms with Crippen molar-refractivity contribution in [3.05, 3.63) is 39.4 Å². The van der Waals surface area contributed by atoms with Gasteiger partial charge in [-0.25, -0.2) is 4.39 Å². The van der Waals surface area contributed by atoms with Crippen LogP contribution in [0.1, 0.15) is 10.4 Å². The first-order chi connectivity index (χ1) is 8.34. The number of nitrogens with two attached hydrogens (primary N) is 1. The number of halogens is 2. The highest BCUT2D eigenvalue weighted by atomic mass is 32.1. The number of benzene rings is 1. The van der Waals surface area contributed by atoms with Crippen LogP contribution in [0.5, 0.6) is 0 Å². The van der Waals surface area contributed by atoms with Crippen LogP contribution in [0.15, 0.2) is 12.1 Å². The second-order valence-electron chi connectivity index (χ2n) is 2.96. The van der Waals surface area contributed by atoms with E-state index in [0.29, 0.717) is 12.1 Å². The van der Waals surface area contributed by atoms with E-state index in [1.807, 2.05) is 5.43 Å². The van der Waals surface area contributed by atoms with E-state index in [0.717, 1.165) is 0 Å². The van der Waals surface area contributed by atoms with Gasteiger partial charge in [0.15, 0.2) is 5.11 Å². The number of nitro benzene ring substituents is 1. The molecule has 1 rings (SSSR count). The third kappa shape index (κ3) is 2.85. The fourth-order valence-electron chi connectivity index (χ4n) is 1.07. The van der Waals surface area contributed by atoms with Crippen LogP contribution in [0.2, 0.25) is 0 Å². The molecule has 1 amide bonds. The minimum Gasteiger partial charge on any atom is -0.375 e. The van der Waals surface area contributed by atoms with Crippen LogP contribution in [0.3, 0.4) is 0 Å². The van der Waals surface area contributed by atoms with Gasteiger partial charge in [0.25, 0.3) is 5.91 Å². The summed E-state index contributed by atoms with van der Waals surface area (Å²) in [4.78, 5) is 20.7. The lowest BCUT2D eigenvalue weighted by molar-refractivity contribution is -0.387. The number of thiocarbonyl (C=S) groups is 1. The number of rotatable bonds is 2. The molecule has 0 spiro atoms. The summed E-state index contributed by atoms with van der Waals surface area (Å²) in [7, 11) is 0. The van der Waals surface area contributed by atoms with Gasteiger partial charge >= 0.3 is 5.69 Å². The van der Waals surface area contributed by atoms with E-state index in [9.17, 15) is 23.7 Å². The molecule has 0 aliphatic carbocycles. The Hall–Kier alpha value is -2.36. The molecule has 0 radical (unpaired) electrons. The van der Waals surface area contributed by atoms with E-state index in [1.165, 1.54) is 0 Å². The molecule has 0 atom stereocenters. The van der Waals surface area contributed by atoms with E-state index in [4.69, 9.17) is 5.73 Å². The number of hydrazine groups is 1. The summed E-state index contributed by atoms with van der Waals surface area (Å²) in [5.74, 6) is -4.11. The second-order valence-corrected chi connectivity index (χ2v) is 3.40. The molecule has 0 fully saturated rings. The number of nitrogens with zero attached hydrogens (tertiary/aromatic N) is 1. The fourth-order valence-corrected chi connectivity index (χ4v) is 1.12. The standard InChI is InChI=1S/C8H6F2N4O3S/c9-3-1-2-4(14(16)17)6(10)5(3)7(15)12-13-8(11)18/h1-2H,(H,12,15)(H3,11,13,18). The first-order valence-corrected chi connectivity index (χ1v) is 4.73. The fraction of sp³-hybridized carbons (Fsp3) is 0. The predicted molar refractivity (Wildman–Crippen MR) is 60.4 cm³/mol. The highest BCUT2D eigenvalue weighted by Gasteiger charge is 2.26. The summed E-state index contributed by atoms with van der Waals surface area (Å²) in [5, 5.41) is 10.1. The number of hydrogen-bond acceptors (Lipinski definition) is 4. The molecule has 10 heteroatoms. The molecule has 0 saturated carbocycles. The first kappa shape index (κ1) is 13.7. The maximum atomic E-state index is 13.5. The topological polar surface area (TPSA) is 110 Å². The molecule has 0 saturated heterocycles. The van der Waals surface area contributed by atoms with Gasteiger partial charge in [-0.2, -0.15) is 4.39 Å². The van der Waals surface area contributed by atoms with Crippen molar-refractivity contribution in [2.24, 2.45) is 5.73 Å². The Morgan fingerprint density at radius 1 is 1.39 bits per heavy atom. The average Bonchev–Trinajstić information content (AvgIpc) is 2.25. The van der Waals surface area contributed by atoms with Gasteiger partial charge < -0.3 is 5.73 Å². The number of amides is 1. The molecule has 1 aromatic carbocycles. The average molecular weight is 276 g/mol. The van der Waals surface area contributed by atoms with E-state index < -0.39 is 33.7 Å². The SMILES string of the molecule is NC(=S)NNC(=O)c1c(F)ccc([N+](=O)[O-])c1F. The van der Waals surface area contributed by atoms with Crippen molar-refractivity contribution < 1.29 is 18.5 Å². The zero-order valence-corrected chi connectivity index (χ0v) is 9.38. The van der Waals surface area contributed by atoms with Gasteiger partial charge in [-0.1, -0.05) is 0 Å². The minimum absolute atomic E-state index is 0.338. The van der Waals surface area contributed by atoms with Crippen LogP contribution in [0, 0.1) is 21.7 Å². The van der Waals surface area contributed by atoms with Crippen molar-refractivity contribution in [2.75, 3.05) is 0 Å². The summed E-state index contributed by atoms with van der Waals surface area (Å²) < 4.78 is 26.8. The van der Waals surface area contributed by atoms with Crippen LogP contribution < -0.4 is 16.6 Å². The highest BCUT2D eigenvalue weighted by Crippen LogP contribution is 2.22. The first-order valence-electron chi connectivity index (χ1n) is 4.32. The second kappa shape index (κ2) is 5.31. The molecule has 96 valence electrons. The zero-order chi connectivity index (χ0) is 13.9. The van der Waals surface area contributed by atoms with E-state index in [1.54, 1.807) is 5.43 Å². The van der Waals surface area contributed by atoms with Gasteiger partial charge in [-0.3, -0.25) is 25.8 Å². The molecule has 0 heterocycles. The van der Waals surface area contributed by atoms with Crippen molar-refractivity contribution in [1.29, 1.82) is 0 Å². The summed E-state index contributed by atoms with van der Waals surface area (Å²) in [6, 6.07) is 1.22. The van der Waals surface area contributed by atoms with Gasteiger partial charge in [-0.15, -0.1) is 0 Å². The molecular weight excluding hydrogens is 270 g/mol. The molecule has 0 unspecified atom stereocenters.